The van der Waals surface area contributed by atoms with Gasteiger partial charge in [0, 0.05) is 25.7 Å². The van der Waals surface area contributed by atoms with E-state index in [1.54, 1.807) is 6.07 Å². The van der Waals surface area contributed by atoms with Gasteiger partial charge in [-0.1, -0.05) is 17.7 Å². The van der Waals surface area contributed by atoms with Gasteiger partial charge in [0.25, 0.3) is 11.6 Å². The van der Waals surface area contributed by atoms with Gasteiger partial charge >= 0.3 is 5.97 Å². The van der Waals surface area contributed by atoms with E-state index in [1.807, 2.05) is 0 Å². The highest BCUT2D eigenvalue weighted by molar-refractivity contribution is 6.33. The summed E-state index contributed by atoms with van der Waals surface area (Å²) in [6.45, 7) is -0.475. The molecule has 0 aliphatic rings. The number of hydrogen-bond acceptors (Lipinski definition) is 6. The normalized spacial score (nSPS) is 10.3. The molecule has 0 bridgehead atoms. The summed E-state index contributed by atoms with van der Waals surface area (Å²) in [5.41, 5.74) is 0.155. The number of esters is 1. The van der Waals surface area contributed by atoms with E-state index in [-0.39, 0.29) is 28.6 Å². The number of benzene rings is 2. The van der Waals surface area contributed by atoms with Gasteiger partial charge < -0.3 is 14.4 Å². The van der Waals surface area contributed by atoms with Gasteiger partial charge in [-0.3, -0.25) is 14.9 Å². The Bertz CT molecular complexity index is 921. The Hall–Kier alpha value is -3.20. The molecule has 0 N–H and O–H groups in total. The Kier molecular flexibility index (Phi) is 6.89. The van der Waals surface area contributed by atoms with Crippen molar-refractivity contribution < 1.29 is 28.4 Å². The lowest BCUT2D eigenvalue weighted by molar-refractivity contribution is -0.384. The van der Waals surface area contributed by atoms with Crippen molar-refractivity contribution in [2.75, 3.05) is 20.8 Å². The molecule has 0 aromatic heterocycles. The van der Waals surface area contributed by atoms with Gasteiger partial charge in [0.15, 0.2) is 18.2 Å². The van der Waals surface area contributed by atoms with Crippen LogP contribution in [0.15, 0.2) is 36.4 Å². The van der Waals surface area contributed by atoms with Crippen molar-refractivity contribution in [1.82, 2.24) is 4.90 Å². The van der Waals surface area contributed by atoms with Crippen molar-refractivity contribution in [3.63, 3.8) is 0 Å². The monoisotopic (exact) mass is 410 g/mol. The van der Waals surface area contributed by atoms with Crippen LogP contribution in [0.4, 0.5) is 10.1 Å². The molecule has 2 aromatic carbocycles. The first-order valence-electron chi connectivity index (χ1n) is 7.90. The predicted molar refractivity (Wildman–Crippen MR) is 97.8 cm³/mol. The average molecular weight is 411 g/mol. The Morgan fingerprint density at radius 3 is 2.54 bits per heavy atom. The van der Waals surface area contributed by atoms with Gasteiger partial charge in [-0.05, 0) is 23.8 Å². The van der Waals surface area contributed by atoms with E-state index in [2.05, 4.69) is 0 Å². The average Bonchev–Trinajstić information content (AvgIpc) is 2.65. The molecule has 8 nitrogen and oxygen atoms in total. The lowest BCUT2D eigenvalue weighted by atomic mass is 10.2. The smallest absolute Gasteiger partial charge is 0.340 e. The lowest BCUT2D eigenvalue weighted by Gasteiger charge is -2.17. The highest BCUT2D eigenvalue weighted by Gasteiger charge is 2.18. The van der Waals surface area contributed by atoms with Gasteiger partial charge in [0.05, 0.1) is 22.6 Å². The van der Waals surface area contributed by atoms with Crippen molar-refractivity contribution in [3.05, 3.63) is 68.5 Å². The fourth-order valence-electron chi connectivity index (χ4n) is 2.27. The van der Waals surface area contributed by atoms with E-state index < -0.39 is 29.2 Å². The molecule has 0 fully saturated rings. The Balaban J connectivity index is 1.94. The van der Waals surface area contributed by atoms with Crippen LogP contribution < -0.4 is 4.74 Å². The van der Waals surface area contributed by atoms with E-state index in [1.165, 1.54) is 31.2 Å². The maximum absolute atomic E-state index is 13.7. The number of likely N-dealkylation sites (N-methyl/N-ethyl adjacent to an activating group) is 1. The molecule has 0 atom stereocenters. The standard InChI is InChI=1S/C18H16ClFN2O6/c1-21(9-11-3-6-16(27-2)15(20)7-11)17(23)10-28-18(24)13-5-4-12(22(25)26)8-14(13)19/h3-8H,9-10H2,1-2H3. The van der Waals surface area contributed by atoms with Gasteiger partial charge in [0.1, 0.15) is 0 Å². The SMILES string of the molecule is COc1ccc(CN(C)C(=O)COC(=O)c2ccc([N+](=O)[O-])cc2Cl)cc1F. The van der Waals surface area contributed by atoms with Crippen molar-refractivity contribution in [2.24, 2.45) is 0 Å². The van der Waals surface area contributed by atoms with Gasteiger partial charge in [-0.25, -0.2) is 9.18 Å². The minimum absolute atomic E-state index is 0.0895. The Morgan fingerprint density at radius 2 is 1.96 bits per heavy atom. The number of non-ortho nitro benzene ring substituents is 1. The number of carbonyl (C=O) groups excluding carboxylic acids is 2. The highest BCUT2D eigenvalue weighted by atomic mass is 35.5. The second kappa shape index (κ2) is 9.14. The van der Waals surface area contributed by atoms with Crippen LogP contribution in [-0.4, -0.2) is 42.5 Å². The van der Waals surface area contributed by atoms with Crippen LogP contribution in [0.5, 0.6) is 5.75 Å². The predicted octanol–water partition coefficient (Wildman–Crippen LogP) is 3.21. The molecular formula is C18H16ClFN2O6. The van der Waals surface area contributed by atoms with Crippen LogP contribution in [0.1, 0.15) is 15.9 Å². The first-order chi connectivity index (χ1) is 13.2. The molecule has 0 radical (unpaired) electrons. The molecule has 148 valence electrons. The number of nitro groups is 1. The molecule has 1 amide bonds. The first-order valence-corrected chi connectivity index (χ1v) is 8.28. The number of nitrogens with zero attached hydrogens (tertiary/aromatic N) is 2. The largest absolute Gasteiger partial charge is 0.494 e. The van der Waals surface area contributed by atoms with E-state index in [9.17, 15) is 24.1 Å². The minimum atomic E-state index is -0.892. The minimum Gasteiger partial charge on any atom is -0.494 e. The van der Waals surface area contributed by atoms with Crippen LogP contribution >= 0.6 is 11.6 Å². The zero-order chi connectivity index (χ0) is 20.8. The molecule has 2 rings (SSSR count). The summed E-state index contributed by atoms with van der Waals surface area (Å²) in [5, 5.41) is 10.5. The molecule has 0 aliphatic carbocycles. The molecular weight excluding hydrogens is 395 g/mol. The second-order valence-corrected chi connectivity index (χ2v) is 6.12. The van der Waals surface area contributed by atoms with Gasteiger partial charge in [-0.2, -0.15) is 0 Å². The Morgan fingerprint density at radius 1 is 1.25 bits per heavy atom. The summed E-state index contributed by atoms with van der Waals surface area (Å²) < 4.78 is 23.4. The van der Waals surface area contributed by atoms with Crippen molar-refractivity contribution in [3.8, 4) is 5.75 Å². The third kappa shape index (κ3) is 5.17. The number of nitro benzene ring substituents is 1. The van der Waals surface area contributed by atoms with Crippen LogP contribution in [-0.2, 0) is 16.1 Å². The van der Waals surface area contributed by atoms with Crippen LogP contribution in [0.25, 0.3) is 0 Å². The third-order valence-corrected chi connectivity index (χ3v) is 4.08. The molecule has 0 aliphatic heterocycles. The zero-order valence-corrected chi connectivity index (χ0v) is 15.7. The Labute approximate surface area is 164 Å². The van der Waals surface area contributed by atoms with E-state index >= 15 is 0 Å². The first kappa shape index (κ1) is 21.1. The maximum atomic E-state index is 13.7. The zero-order valence-electron chi connectivity index (χ0n) is 15.0. The third-order valence-electron chi connectivity index (χ3n) is 3.77. The fraction of sp³-hybridized carbons (Fsp3) is 0.222. The molecule has 2 aromatic rings. The van der Waals surface area contributed by atoms with Gasteiger partial charge in [-0.15, -0.1) is 0 Å². The number of amides is 1. The summed E-state index contributed by atoms with van der Waals surface area (Å²) in [7, 11) is 2.82. The van der Waals surface area contributed by atoms with Crippen LogP contribution in [0.3, 0.4) is 0 Å². The molecule has 0 spiro atoms. The molecule has 0 heterocycles. The molecule has 0 saturated heterocycles. The number of carbonyl (C=O) groups is 2. The summed E-state index contributed by atoms with van der Waals surface area (Å²) in [5.74, 6) is -1.88. The molecule has 10 heteroatoms. The summed E-state index contributed by atoms with van der Waals surface area (Å²) in [4.78, 5) is 35.4. The number of ether oxygens (including phenoxy) is 2. The second-order valence-electron chi connectivity index (χ2n) is 5.72. The number of hydrogen-bond donors (Lipinski definition) is 0. The topological polar surface area (TPSA) is 99.0 Å². The molecule has 0 saturated carbocycles. The van der Waals surface area contributed by atoms with Crippen molar-refractivity contribution >= 4 is 29.2 Å². The summed E-state index contributed by atoms with van der Waals surface area (Å²) in [6, 6.07) is 7.56. The summed E-state index contributed by atoms with van der Waals surface area (Å²) >= 11 is 5.85. The molecule has 28 heavy (non-hydrogen) atoms. The fourth-order valence-corrected chi connectivity index (χ4v) is 2.52. The van der Waals surface area contributed by atoms with E-state index in [0.717, 1.165) is 18.2 Å². The number of methoxy groups -OCH3 is 1. The number of rotatable bonds is 7. The van der Waals surface area contributed by atoms with Gasteiger partial charge in [0.2, 0.25) is 0 Å². The van der Waals surface area contributed by atoms with Crippen LogP contribution in [0.2, 0.25) is 5.02 Å². The summed E-state index contributed by atoms with van der Waals surface area (Å²) in [6.07, 6.45) is 0. The van der Waals surface area contributed by atoms with E-state index in [4.69, 9.17) is 21.1 Å². The van der Waals surface area contributed by atoms with Crippen molar-refractivity contribution in [1.29, 1.82) is 0 Å². The van der Waals surface area contributed by atoms with Crippen molar-refractivity contribution in [2.45, 2.75) is 6.54 Å². The van der Waals surface area contributed by atoms with Crippen LogP contribution in [0, 0.1) is 15.9 Å². The van der Waals surface area contributed by atoms with E-state index in [0.29, 0.717) is 5.56 Å². The molecule has 0 unspecified atom stereocenters. The number of halogens is 2. The maximum Gasteiger partial charge on any atom is 0.340 e. The lowest BCUT2D eigenvalue weighted by Crippen LogP contribution is -2.30. The highest BCUT2D eigenvalue weighted by Crippen LogP contribution is 2.23. The quantitative estimate of drug-likeness (QED) is 0.395.